The van der Waals surface area contributed by atoms with E-state index in [1.54, 1.807) is 7.11 Å². The van der Waals surface area contributed by atoms with Crippen molar-refractivity contribution in [2.75, 3.05) is 34.4 Å². The van der Waals surface area contributed by atoms with Crippen LogP contribution in [0, 0.1) is 11.3 Å². The molecular weight excluding hydrogens is 202 g/mol. The summed E-state index contributed by atoms with van der Waals surface area (Å²) in [5.41, 5.74) is -0.315. The third-order valence-corrected chi connectivity index (χ3v) is 3.69. The Morgan fingerprint density at radius 3 is 2.94 bits per heavy atom. The highest BCUT2D eigenvalue weighted by atomic mass is 16.5. The van der Waals surface area contributed by atoms with E-state index < -0.39 is 0 Å². The molecule has 1 N–H and O–H groups in total. The second kappa shape index (κ2) is 6.19. The van der Waals surface area contributed by atoms with Crippen LogP contribution < -0.4 is 5.32 Å². The maximum atomic E-state index is 9.26. The molecule has 0 aromatic heterocycles. The van der Waals surface area contributed by atoms with Gasteiger partial charge in [-0.15, -0.1) is 0 Å². The minimum absolute atomic E-state index is 0.315. The number of nitrogens with one attached hydrogen (secondary N) is 1. The van der Waals surface area contributed by atoms with E-state index in [0.717, 1.165) is 32.4 Å². The Balaban J connectivity index is 2.53. The Bertz CT molecular complexity index is 251. The molecule has 0 saturated heterocycles. The zero-order valence-corrected chi connectivity index (χ0v) is 10.6. The van der Waals surface area contributed by atoms with Gasteiger partial charge in [-0.2, -0.15) is 5.26 Å². The summed E-state index contributed by atoms with van der Waals surface area (Å²) in [6.07, 6.45) is 4.19. The molecule has 2 unspecified atom stereocenters. The zero-order chi connectivity index (χ0) is 12.0. The Labute approximate surface area is 98.6 Å². The summed E-state index contributed by atoms with van der Waals surface area (Å²) < 4.78 is 5.09. The lowest BCUT2D eigenvalue weighted by Crippen LogP contribution is -2.51. The highest BCUT2D eigenvalue weighted by Crippen LogP contribution is 2.30. The Morgan fingerprint density at radius 2 is 2.38 bits per heavy atom. The lowest BCUT2D eigenvalue weighted by molar-refractivity contribution is 0.105. The van der Waals surface area contributed by atoms with E-state index in [-0.39, 0.29) is 5.54 Å². The van der Waals surface area contributed by atoms with Crippen molar-refractivity contribution in [2.24, 2.45) is 0 Å². The smallest absolute Gasteiger partial charge is 0.108 e. The van der Waals surface area contributed by atoms with Crippen LogP contribution in [0.25, 0.3) is 0 Å². The largest absolute Gasteiger partial charge is 0.383 e. The minimum Gasteiger partial charge on any atom is -0.383 e. The van der Waals surface area contributed by atoms with Gasteiger partial charge in [-0.1, -0.05) is 0 Å². The number of hydrogen-bond donors (Lipinski definition) is 1. The standard InChI is InChI=1S/C12H23N3O/c1-14-12(10-13)6-4-5-11(9-12)15(2)7-8-16-3/h11,14H,4-9H2,1-3H3. The fourth-order valence-electron chi connectivity index (χ4n) is 2.42. The highest BCUT2D eigenvalue weighted by Gasteiger charge is 2.36. The van der Waals surface area contributed by atoms with Crippen molar-refractivity contribution in [2.45, 2.75) is 37.3 Å². The molecule has 0 aromatic rings. The molecule has 92 valence electrons. The quantitative estimate of drug-likeness (QED) is 0.758. The molecule has 0 aromatic carbocycles. The molecule has 1 rings (SSSR count). The zero-order valence-electron chi connectivity index (χ0n) is 10.6. The summed E-state index contributed by atoms with van der Waals surface area (Å²) >= 11 is 0. The molecule has 0 bridgehead atoms. The third-order valence-electron chi connectivity index (χ3n) is 3.69. The number of likely N-dealkylation sites (N-methyl/N-ethyl adjacent to an activating group) is 1. The maximum absolute atomic E-state index is 9.26. The number of ether oxygens (including phenoxy) is 1. The third kappa shape index (κ3) is 3.18. The minimum atomic E-state index is -0.315. The predicted molar refractivity (Wildman–Crippen MR) is 64.2 cm³/mol. The number of nitriles is 1. The molecule has 4 heteroatoms. The van der Waals surface area contributed by atoms with Crippen LogP contribution in [0.5, 0.6) is 0 Å². The topological polar surface area (TPSA) is 48.3 Å². The van der Waals surface area contributed by atoms with Crippen molar-refractivity contribution < 1.29 is 4.74 Å². The fraction of sp³-hybridized carbons (Fsp3) is 0.917. The van der Waals surface area contributed by atoms with Crippen LogP contribution in [0.2, 0.25) is 0 Å². The molecule has 16 heavy (non-hydrogen) atoms. The first-order valence-corrected chi connectivity index (χ1v) is 5.97. The van der Waals surface area contributed by atoms with E-state index in [9.17, 15) is 5.26 Å². The number of hydrogen-bond acceptors (Lipinski definition) is 4. The first kappa shape index (κ1) is 13.4. The van der Waals surface area contributed by atoms with Crippen molar-refractivity contribution in [1.82, 2.24) is 10.2 Å². The van der Waals surface area contributed by atoms with Crippen LogP contribution >= 0.6 is 0 Å². The molecule has 1 saturated carbocycles. The van der Waals surface area contributed by atoms with Gasteiger partial charge in [0.05, 0.1) is 12.7 Å². The van der Waals surface area contributed by atoms with Crippen molar-refractivity contribution in [3.8, 4) is 6.07 Å². The molecule has 0 spiro atoms. The van der Waals surface area contributed by atoms with Crippen LogP contribution in [-0.2, 0) is 4.74 Å². The van der Waals surface area contributed by atoms with Crippen molar-refractivity contribution in [3.05, 3.63) is 0 Å². The summed E-state index contributed by atoms with van der Waals surface area (Å²) in [7, 11) is 5.73. The molecule has 0 amide bonds. The Hall–Kier alpha value is -0.630. The molecular formula is C12H23N3O. The van der Waals surface area contributed by atoms with Crippen LogP contribution in [0.3, 0.4) is 0 Å². The average Bonchev–Trinajstić information content (AvgIpc) is 2.35. The molecule has 4 nitrogen and oxygen atoms in total. The number of methoxy groups -OCH3 is 1. The summed E-state index contributed by atoms with van der Waals surface area (Å²) in [5, 5.41) is 12.5. The maximum Gasteiger partial charge on any atom is 0.108 e. The molecule has 2 atom stereocenters. The van der Waals surface area contributed by atoms with Gasteiger partial charge in [0.1, 0.15) is 5.54 Å². The van der Waals surface area contributed by atoms with E-state index in [4.69, 9.17) is 4.74 Å². The lowest BCUT2D eigenvalue weighted by atomic mass is 9.79. The summed E-state index contributed by atoms with van der Waals surface area (Å²) in [6, 6.07) is 2.94. The van der Waals surface area contributed by atoms with Crippen molar-refractivity contribution in [1.29, 1.82) is 5.26 Å². The highest BCUT2D eigenvalue weighted by molar-refractivity contribution is 5.10. The molecule has 1 aliphatic carbocycles. The van der Waals surface area contributed by atoms with Gasteiger partial charge >= 0.3 is 0 Å². The molecule has 0 heterocycles. The fourth-order valence-corrected chi connectivity index (χ4v) is 2.42. The van der Waals surface area contributed by atoms with Gasteiger partial charge in [0.15, 0.2) is 0 Å². The van der Waals surface area contributed by atoms with Crippen LogP contribution in [0.15, 0.2) is 0 Å². The number of nitrogens with zero attached hydrogens (tertiary/aromatic N) is 2. The van der Waals surface area contributed by atoms with Crippen LogP contribution in [0.4, 0.5) is 0 Å². The Morgan fingerprint density at radius 1 is 1.62 bits per heavy atom. The van der Waals surface area contributed by atoms with E-state index in [0.29, 0.717) is 6.04 Å². The SMILES string of the molecule is CNC1(C#N)CCCC(N(C)CCOC)C1. The summed E-state index contributed by atoms with van der Waals surface area (Å²) in [4.78, 5) is 2.31. The van der Waals surface area contributed by atoms with Gasteiger partial charge < -0.3 is 15.0 Å². The normalized spacial score (nSPS) is 30.3. The van der Waals surface area contributed by atoms with Crippen molar-refractivity contribution >= 4 is 0 Å². The van der Waals surface area contributed by atoms with Crippen LogP contribution in [0.1, 0.15) is 25.7 Å². The van der Waals surface area contributed by atoms with Gasteiger partial charge in [0, 0.05) is 19.7 Å². The second-order valence-corrected chi connectivity index (χ2v) is 4.67. The van der Waals surface area contributed by atoms with Gasteiger partial charge in [-0.05, 0) is 39.8 Å². The Kier molecular flexibility index (Phi) is 5.20. The molecule has 0 aliphatic heterocycles. The number of rotatable bonds is 5. The second-order valence-electron chi connectivity index (χ2n) is 4.67. The van der Waals surface area contributed by atoms with Crippen molar-refractivity contribution in [3.63, 3.8) is 0 Å². The van der Waals surface area contributed by atoms with Gasteiger partial charge in [0.25, 0.3) is 0 Å². The van der Waals surface area contributed by atoms with E-state index in [1.807, 2.05) is 7.05 Å². The van der Waals surface area contributed by atoms with Crippen LogP contribution in [-0.4, -0.2) is 50.8 Å². The summed E-state index contributed by atoms with van der Waals surface area (Å²) in [5.74, 6) is 0. The van der Waals surface area contributed by atoms with E-state index in [2.05, 4.69) is 23.3 Å². The molecule has 1 aliphatic rings. The molecule has 1 fully saturated rings. The van der Waals surface area contributed by atoms with Gasteiger partial charge in [-0.3, -0.25) is 0 Å². The van der Waals surface area contributed by atoms with Gasteiger partial charge in [0.2, 0.25) is 0 Å². The first-order valence-electron chi connectivity index (χ1n) is 5.97. The van der Waals surface area contributed by atoms with E-state index in [1.165, 1.54) is 6.42 Å². The first-order chi connectivity index (χ1) is 7.67. The lowest BCUT2D eigenvalue weighted by Gasteiger charge is -2.39. The summed E-state index contributed by atoms with van der Waals surface area (Å²) in [6.45, 7) is 1.69. The van der Waals surface area contributed by atoms with Gasteiger partial charge in [-0.25, -0.2) is 0 Å². The molecule has 0 radical (unpaired) electrons. The predicted octanol–water partition coefficient (Wildman–Crippen LogP) is 0.989. The monoisotopic (exact) mass is 225 g/mol. The van der Waals surface area contributed by atoms with E-state index >= 15 is 0 Å². The average molecular weight is 225 g/mol.